The zero-order valence-corrected chi connectivity index (χ0v) is 3.05. The summed E-state index contributed by atoms with van der Waals surface area (Å²) in [6, 6.07) is 0. The van der Waals surface area contributed by atoms with Crippen molar-refractivity contribution in [3.8, 4) is 0 Å². The van der Waals surface area contributed by atoms with Crippen LogP contribution >= 0.6 is 0 Å². The van der Waals surface area contributed by atoms with E-state index in [-0.39, 0.29) is 5.96 Å². The number of guanidine groups is 1. The molecule has 0 aromatic heterocycles. The van der Waals surface area contributed by atoms with E-state index in [1.165, 1.54) is 0 Å². The van der Waals surface area contributed by atoms with Gasteiger partial charge < -0.3 is 10.6 Å². The van der Waals surface area contributed by atoms with E-state index in [1.54, 1.807) is 0 Å². The van der Waals surface area contributed by atoms with Crippen LogP contribution in [0.2, 0.25) is 0 Å². The molecule has 0 amide bonds. The summed E-state index contributed by atoms with van der Waals surface area (Å²) in [5.74, 6) is 4.32. The molecule has 0 saturated carbocycles. The van der Waals surface area contributed by atoms with Gasteiger partial charge in [-0.15, -0.1) is 6.57 Å². The SMILES string of the molecule is [C-]#[N+]/C(N)=N/N. The number of hydrogen-bond acceptors (Lipinski definition) is 2. The van der Waals surface area contributed by atoms with Gasteiger partial charge in [-0.3, -0.25) is 5.84 Å². The first-order chi connectivity index (χ1) is 2.81. The van der Waals surface area contributed by atoms with Crippen LogP contribution in [0.3, 0.4) is 0 Å². The predicted octanol–water partition coefficient (Wildman–Crippen LogP) is -0.906. The second kappa shape index (κ2) is 2.03. The fraction of sp³-hybridized carbons (Fsp3) is 0. The summed E-state index contributed by atoms with van der Waals surface area (Å²) in [7, 11) is 0. The van der Waals surface area contributed by atoms with Crippen molar-refractivity contribution < 1.29 is 0 Å². The lowest BCUT2D eigenvalue weighted by Crippen LogP contribution is -2.07. The molecule has 0 saturated heterocycles. The van der Waals surface area contributed by atoms with Gasteiger partial charge in [0.1, 0.15) is 0 Å². The monoisotopic (exact) mass is 84.0 g/mol. The number of hydrogen-bond donors (Lipinski definition) is 2. The van der Waals surface area contributed by atoms with Gasteiger partial charge in [0, 0.05) is 0 Å². The van der Waals surface area contributed by atoms with Gasteiger partial charge in [0.15, 0.2) is 0 Å². The molecule has 0 radical (unpaired) electrons. The normalized spacial score (nSPS) is 10.2. The maximum absolute atomic E-state index is 6.10. The van der Waals surface area contributed by atoms with Gasteiger partial charge in [0.05, 0.1) is 0 Å². The van der Waals surface area contributed by atoms with Crippen LogP contribution in [0.5, 0.6) is 0 Å². The molecular formula is C2H4N4. The van der Waals surface area contributed by atoms with Gasteiger partial charge in [0.2, 0.25) is 0 Å². The lowest BCUT2D eigenvalue weighted by Gasteiger charge is -1.74. The molecule has 0 atom stereocenters. The summed E-state index contributed by atoms with van der Waals surface area (Å²) in [5.41, 5.74) is 4.74. The molecule has 4 N–H and O–H groups in total. The standard InChI is InChI=1S/C2H4N4/c1-5-2(3)6-4/h4H2,(H2,3,6). The van der Waals surface area contributed by atoms with Crippen molar-refractivity contribution in [1.82, 2.24) is 0 Å². The van der Waals surface area contributed by atoms with Gasteiger partial charge in [-0.1, -0.05) is 5.10 Å². The zero-order valence-electron chi connectivity index (χ0n) is 3.05. The van der Waals surface area contributed by atoms with Crippen LogP contribution in [0.15, 0.2) is 5.10 Å². The van der Waals surface area contributed by atoms with Crippen molar-refractivity contribution in [3.63, 3.8) is 0 Å². The van der Waals surface area contributed by atoms with Crippen molar-refractivity contribution in [2.75, 3.05) is 0 Å². The summed E-state index contributed by atoms with van der Waals surface area (Å²) in [5, 5.41) is 2.85. The summed E-state index contributed by atoms with van der Waals surface area (Å²) >= 11 is 0. The summed E-state index contributed by atoms with van der Waals surface area (Å²) in [6.07, 6.45) is 0. The van der Waals surface area contributed by atoms with E-state index in [1.807, 2.05) is 0 Å². The Balaban J connectivity index is 3.61. The van der Waals surface area contributed by atoms with Crippen LogP contribution in [0.1, 0.15) is 0 Å². The highest BCUT2D eigenvalue weighted by Crippen LogP contribution is 1.57. The van der Waals surface area contributed by atoms with Gasteiger partial charge in [-0.05, 0) is 0 Å². The van der Waals surface area contributed by atoms with Crippen LogP contribution in [-0.2, 0) is 0 Å². The van der Waals surface area contributed by atoms with E-state index >= 15 is 0 Å². The van der Waals surface area contributed by atoms with Gasteiger partial charge >= 0.3 is 5.96 Å². The highest BCUT2D eigenvalue weighted by atomic mass is 15.2. The van der Waals surface area contributed by atoms with E-state index in [2.05, 4.69) is 15.8 Å². The lowest BCUT2D eigenvalue weighted by atomic mass is 11.1. The summed E-state index contributed by atoms with van der Waals surface area (Å²) in [4.78, 5) is 2.66. The molecule has 0 aliphatic rings. The van der Waals surface area contributed by atoms with Crippen LogP contribution in [-0.4, -0.2) is 5.96 Å². The predicted molar refractivity (Wildman–Crippen MR) is 22.4 cm³/mol. The largest absolute Gasteiger partial charge is 0.396 e. The van der Waals surface area contributed by atoms with Gasteiger partial charge in [-0.2, -0.15) is 0 Å². The van der Waals surface area contributed by atoms with Crippen LogP contribution in [0.4, 0.5) is 0 Å². The molecule has 0 aromatic rings. The molecule has 0 aliphatic carbocycles. The van der Waals surface area contributed by atoms with E-state index in [4.69, 9.17) is 12.3 Å². The molecule has 0 aliphatic heterocycles. The minimum Gasteiger partial charge on any atom is -0.396 e. The van der Waals surface area contributed by atoms with Gasteiger partial charge in [0.25, 0.3) is 0 Å². The second-order valence-corrected chi connectivity index (χ2v) is 0.599. The van der Waals surface area contributed by atoms with Crippen molar-refractivity contribution in [3.05, 3.63) is 11.4 Å². The average molecular weight is 84.1 g/mol. The molecule has 6 heavy (non-hydrogen) atoms. The molecule has 0 unspecified atom stereocenters. The quantitative estimate of drug-likeness (QED) is 0.131. The minimum absolute atomic E-state index is 0.213. The number of hydrazone groups is 1. The smallest absolute Gasteiger partial charge is 0.349 e. The Hall–Kier alpha value is -1.24. The molecule has 32 valence electrons. The Morgan fingerprint density at radius 1 is 1.83 bits per heavy atom. The fourth-order valence-electron chi connectivity index (χ4n) is 0.0289. The number of nitrogens with two attached hydrogens (primary N) is 2. The Morgan fingerprint density at radius 3 is 2.33 bits per heavy atom. The minimum atomic E-state index is -0.213. The lowest BCUT2D eigenvalue weighted by molar-refractivity contribution is 1.24. The Kier molecular flexibility index (Phi) is 1.61. The van der Waals surface area contributed by atoms with Gasteiger partial charge in [-0.25, -0.2) is 0 Å². The number of rotatable bonds is 0. The molecule has 0 spiro atoms. The summed E-state index contributed by atoms with van der Waals surface area (Å²) in [6.45, 7) is 6.10. The third kappa shape index (κ3) is 1.12. The third-order valence-electron chi connectivity index (χ3n) is 0.247. The summed E-state index contributed by atoms with van der Waals surface area (Å²) < 4.78 is 0. The van der Waals surface area contributed by atoms with E-state index < -0.39 is 0 Å². The van der Waals surface area contributed by atoms with Crippen molar-refractivity contribution >= 4 is 5.96 Å². The molecule has 4 heteroatoms. The third-order valence-corrected chi connectivity index (χ3v) is 0.247. The Labute approximate surface area is 35.3 Å². The maximum atomic E-state index is 6.10. The highest BCUT2D eigenvalue weighted by molar-refractivity contribution is 5.86. The first kappa shape index (κ1) is 4.76. The highest BCUT2D eigenvalue weighted by Gasteiger charge is 1.73. The van der Waals surface area contributed by atoms with Crippen LogP contribution in [0.25, 0.3) is 4.85 Å². The first-order valence-electron chi connectivity index (χ1n) is 1.22. The first-order valence-corrected chi connectivity index (χ1v) is 1.22. The molecular weight excluding hydrogens is 80.0 g/mol. The topological polar surface area (TPSA) is 68.8 Å². The fourth-order valence-corrected chi connectivity index (χ4v) is 0.0289. The molecule has 0 fully saturated rings. The molecule has 0 aromatic carbocycles. The van der Waals surface area contributed by atoms with E-state index in [0.29, 0.717) is 0 Å². The molecule has 0 heterocycles. The van der Waals surface area contributed by atoms with Crippen LogP contribution < -0.4 is 11.6 Å². The van der Waals surface area contributed by atoms with E-state index in [9.17, 15) is 0 Å². The Bertz CT molecular complexity index is 96.6. The molecule has 0 bridgehead atoms. The maximum Gasteiger partial charge on any atom is 0.349 e. The average Bonchev–Trinajstić information content (AvgIpc) is 1.65. The number of nitrogens with zero attached hydrogens (tertiary/aromatic N) is 2. The molecule has 4 nitrogen and oxygen atoms in total. The van der Waals surface area contributed by atoms with E-state index in [0.717, 1.165) is 0 Å². The van der Waals surface area contributed by atoms with Crippen molar-refractivity contribution in [2.24, 2.45) is 16.7 Å². The second-order valence-electron chi connectivity index (χ2n) is 0.599. The van der Waals surface area contributed by atoms with Crippen molar-refractivity contribution in [1.29, 1.82) is 0 Å². The Morgan fingerprint density at radius 2 is 2.33 bits per heavy atom. The van der Waals surface area contributed by atoms with Crippen LogP contribution in [0, 0.1) is 6.57 Å². The van der Waals surface area contributed by atoms with Crippen molar-refractivity contribution in [2.45, 2.75) is 0 Å². The zero-order chi connectivity index (χ0) is 4.99. The molecule has 0 rings (SSSR count).